The molecule has 4 N–H and O–H groups in total. The molecule has 3 rings (SSSR count). The Hall–Kier alpha value is -0.200. The first-order valence-electron chi connectivity index (χ1n) is 8.38. The zero-order valence-corrected chi connectivity index (χ0v) is 12.9. The highest BCUT2D eigenvalue weighted by Gasteiger charge is 2.63. The third-order valence-electron chi connectivity index (χ3n) is 6.40. The van der Waals surface area contributed by atoms with E-state index in [4.69, 9.17) is 0 Å². The molecule has 0 aromatic rings. The van der Waals surface area contributed by atoms with Crippen LogP contribution in [0.3, 0.4) is 0 Å². The number of hydrogen-bond donors (Lipinski definition) is 4. The van der Waals surface area contributed by atoms with E-state index in [-0.39, 0.29) is 6.42 Å². The van der Waals surface area contributed by atoms with Crippen LogP contribution in [-0.2, 0) is 0 Å². The predicted octanol–water partition coefficient (Wildman–Crippen LogP) is 0.249. The fourth-order valence-corrected chi connectivity index (χ4v) is 5.05. The highest BCUT2D eigenvalue weighted by molar-refractivity contribution is 5.15. The molecule has 122 valence electrons. The summed E-state index contributed by atoms with van der Waals surface area (Å²) in [6.45, 7) is 1.11. The normalized spacial score (nSPS) is 51.3. The van der Waals surface area contributed by atoms with Gasteiger partial charge in [0.15, 0.2) is 0 Å². The van der Waals surface area contributed by atoms with Crippen molar-refractivity contribution in [1.82, 2.24) is 4.90 Å². The van der Waals surface area contributed by atoms with Crippen LogP contribution in [0.25, 0.3) is 0 Å². The van der Waals surface area contributed by atoms with Gasteiger partial charge in [-0.25, -0.2) is 0 Å². The van der Waals surface area contributed by atoms with Gasteiger partial charge in [-0.1, -0.05) is 0 Å². The van der Waals surface area contributed by atoms with Crippen LogP contribution in [0.1, 0.15) is 51.4 Å². The Labute approximate surface area is 126 Å². The largest absolute Gasteiger partial charge is 0.390 e. The molecule has 2 aliphatic carbocycles. The molecular weight excluding hydrogens is 270 g/mol. The summed E-state index contributed by atoms with van der Waals surface area (Å²) in [5.41, 5.74) is -2.46. The van der Waals surface area contributed by atoms with Crippen LogP contribution < -0.4 is 0 Å². The Morgan fingerprint density at radius 2 is 1.86 bits per heavy atom. The quantitative estimate of drug-likeness (QED) is 0.600. The molecule has 3 aliphatic rings. The van der Waals surface area contributed by atoms with Crippen molar-refractivity contribution in [2.45, 2.75) is 80.8 Å². The number of likely N-dealkylation sites (tertiary alicyclic amines) is 1. The molecule has 21 heavy (non-hydrogen) atoms. The van der Waals surface area contributed by atoms with Gasteiger partial charge in [0.05, 0.1) is 23.4 Å². The minimum absolute atomic E-state index is 0.0878. The van der Waals surface area contributed by atoms with E-state index >= 15 is 0 Å². The van der Waals surface area contributed by atoms with Gasteiger partial charge in [-0.05, 0) is 58.5 Å². The van der Waals surface area contributed by atoms with Crippen LogP contribution in [0, 0.1) is 5.92 Å². The second-order valence-corrected chi connectivity index (χ2v) is 7.53. The topological polar surface area (TPSA) is 84.2 Å². The zero-order chi connectivity index (χ0) is 15.3. The van der Waals surface area contributed by atoms with Crippen molar-refractivity contribution in [3.8, 4) is 0 Å². The molecule has 5 heteroatoms. The zero-order valence-electron chi connectivity index (χ0n) is 12.9. The standard InChI is InChI=1S/C16H29NO4/c1-17-9-2-4-11(17)5-6-12-14(19)13(18)10-15(20)7-3-8-16(12,15)21/h11-14,18-21H,2-10H2,1H3. The highest BCUT2D eigenvalue weighted by atomic mass is 16.4. The lowest BCUT2D eigenvalue weighted by Crippen LogP contribution is -2.65. The van der Waals surface area contributed by atoms with Crippen LogP contribution in [0.4, 0.5) is 0 Å². The third kappa shape index (κ3) is 2.43. The number of hydrogen-bond acceptors (Lipinski definition) is 5. The Kier molecular flexibility index (Phi) is 4.08. The van der Waals surface area contributed by atoms with Crippen LogP contribution in [-0.4, -0.2) is 68.4 Å². The van der Waals surface area contributed by atoms with E-state index in [1.807, 2.05) is 0 Å². The molecular formula is C16H29NO4. The fourth-order valence-electron chi connectivity index (χ4n) is 5.05. The second-order valence-electron chi connectivity index (χ2n) is 7.53. The van der Waals surface area contributed by atoms with Gasteiger partial charge in [-0.3, -0.25) is 0 Å². The first-order valence-corrected chi connectivity index (χ1v) is 8.38. The molecule has 0 bridgehead atoms. The molecule has 0 aromatic carbocycles. The van der Waals surface area contributed by atoms with E-state index < -0.39 is 29.3 Å². The smallest absolute Gasteiger partial charge is 0.0987 e. The van der Waals surface area contributed by atoms with Crippen molar-refractivity contribution in [1.29, 1.82) is 0 Å². The number of rotatable bonds is 3. The van der Waals surface area contributed by atoms with Gasteiger partial charge in [0.2, 0.25) is 0 Å². The highest BCUT2D eigenvalue weighted by Crippen LogP contribution is 2.53. The van der Waals surface area contributed by atoms with E-state index in [1.165, 1.54) is 6.42 Å². The molecule has 0 aromatic heterocycles. The number of aliphatic hydroxyl groups is 4. The van der Waals surface area contributed by atoms with E-state index in [1.54, 1.807) is 0 Å². The van der Waals surface area contributed by atoms with E-state index in [0.717, 1.165) is 25.8 Å². The van der Waals surface area contributed by atoms with Gasteiger partial charge in [0, 0.05) is 18.4 Å². The van der Waals surface area contributed by atoms with Crippen LogP contribution in [0.15, 0.2) is 0 Å². The molecule has 6 unspecified atom stereocenters. The van der Waals surface area contributed by atoms with Crippen molar-refractivity contribution in [3.63, 3.8) is 0 Å². The maximum Gasteiger partial charge on any atom is 0.0987 e. The maximum atomic E-state index is 11.0. The molecule has 1 heterocycles. The number of aliphatic hydroxyl groups excluding tert-OH is 2. The fraction of sp³-hybridized carbons (Fsp3) is 1.00. The number of fused-ring (bicyclic) bond motifs is 1. The summed E-state index contributed by atoms with van der Waals surface area (Å²) in [6, 6.07) is 0.495. The van der Waals surface area contributed by atoms with Crippen molar-refractivity contribution >= 4 is 0 Å². The van der Waals surface area contributed by atoms with E-state index in [0.29, 0.717) is 25.3 Å². The van der Waals surface area contributed by atoms with Crippen LogP contribution in [0.5, 0.6) is 0 Å². The molecule has 3 fully saturated rings. The average molecular weight is 299 g/mol. The molecule has 0 amide bonds. The lowest BCUT2D eigenvalue weighted by atomic mass is 9.63. The summed E-state index contributed by atoms with van der Waals surface area (Å²) in [7, 11) is 2.12. The van der Waals surface area contributed by atoms with Crippen molar-refractivity contribution < 1.29 is 20.4 Å². The Bertz CT molecular complexity index is 392. The van der Waals surface area contributed by atoms with Crippen molar-refractivity contribution in [2.24, 2.45) is 5.92 Å². The Balaban J connectivity index is 1.74. The summed E-state index contributed by atoms with van der Waals surface area (Å²) in [6.07, 6.45) is 3.95. The first kappa shape index (κ1) is 15.7. The summed E-state index contributed by atoms with van der Waals surface area (Å²) in [5, 5.41) is 42.2. The van der Waals surface area contributed by atoms with Crippen molar-refractivity contribution in [3.05, 3.63) is 0 Å². The summed E-state index contributed by atoms with van der Waals surface area (Å²) >= 11 is 0. The SMILES string of the molecule is CN1CCCC1CCC1C(O)C(O)CC2(O)CCCC12O. The lowest BCUT2D eigenvalue weighted by Gasteiger charge is -2.52. The minimum atomic E-state index is -1.23. The lowest BCUT2D eigenvalue weighted by molar-refractivity contribution is -0.241. The van der Waals surface area contributed by atoms with Gasteiger partial charge >= 0.3 is 0 Å². The monoisotopic (exact) mass is 299 g/mol. The Morgan fingerprint density at radius 1 is 1.10 bits per heavy atom. The Morgan fingerprint density at radius 3 is 2.52 bits per heavy atom. The third-order valence-corrected chi connectivity index (χ3v) is 6.40. The van der Waals surface area contributed by atoms with Gasteiger partial charge in [-0.2, -0.15) is 0 Å². The maximum absolute atomic E-state index is 11.0. The molecule has 2 saturated carbocycles. The average Bonchev–Trinajstić information content (AvgIpc) is 2.95. The summed E-state index contributed by atoms with van der Waals surface area (Å²) in [4.78, 5) is 2.33. The number of nitrogens with zero attached hydrogens (tertiary/aromatic N) is 1. The molecule has 0 spiro atoms. The van der Waals surface area contributed by atoms with Gasteiger partial charge < -0.3 is 25.3 Å². The van der Waals surface area contributed by atoms with Gasteiger partial charge in [0.25, 0.3) is 0 Å². The van der Waals surface area contributed by atoms with Crippen molar-refractivity contribution in [2.75, 3.05) is 13.6 Å². The molecule has 1 saturated heterocycles. The summed E-state index contributed by atoms with van der Waals surface area (Å²) in [5.74, 6) is -0.428. The van der Waals surface area contributed by atoms with Crippen LogP contribution >= 0.6 is 0 Å². The van der Waals surface area contributed by atoms with Gasteiger partial charge in [0.1, 0.15) is 0 Å². The van der Waals surface area contributed by atoms with Crippen LogP contribution in [0.2, 0.25) is 0 Å². The van der Waals surface area contributed by atoms with Gasteiger partial charge in [-0.15, -0.1) is 0 Å². The summed E-state index contributed by atoms with van der Waals surface area (Å²) < 4.78 is 0. The first-order chi connectivity index (χ1) is 9.87. The molecule has 6 atom stereocenters. The van der Waals surface area contributed by atoms with E-state index in [9.17, 15) is 20.4 Å². The van der Waals surface area contributed by atoms with E-state index in [2.05, 4.69) is 11.9 Å². The molecule has 0 radical (unpaired) electrons. The second kappa shape index (κ2) is 5.46. The predicted molar refractivity (Wildman–Crippen MR) is 78.8 cm³/mol. The molecule has 5 nitrogen and oxygen atoms in total. The molecule has 1 aliphatic heterocycles. The minimum Gasteiger partial charge on any atom is -0.390 e.